The third-order valence-corrected chi connectivity index (χ3v) is 5.71. The predicted molar refractivity (Wildman–Crippen MR) is 96.8 cm³/mol. The summed E-state index contributed by atoms with van der Waals surface area (Å²) in [5.41, 5.74) is 2.76. The largest absolute Gasteiger partial charge is 0.342 e. The van der Waals surface area contributed by atoms with Gasteiger partial charge in [-0.3, -0.25) is 4.79 Å². The van der Waals surface area contributed by atoms with Gasteiger partial charge in [0.1, 0.15) is 0 Å². The second kappa shape index (κ2) is 7.78. The second-order valence-electron chi connectivity index (χ2n) is 6.60. The molecular weight excluding hydrogens is 302 g/mol. The first kappa shape index (κ1) is 16.3. The van der Waals surface area contributed by atoms with E-state index in [1.807, 2.05) is 11.4 Å². The van der Waals surface area contributed by atoms with Crippen molar-refractivity contribution in [1.82, 2.24) is 4.90 Å². The van der Waals surface area contributed by atoms with Crippen molar-refractivity contribution in [2.45, 2.75) is 39.0 Å². The Bertz CT molecular complexity index is 610. The van der Waals surface area contributed by atoms with Crippen LogP contribution in [0.2, 0.25) is 0 Å². The molecule has 3 rings (SSSR count). The molecule has 2 heterocycles. The molecule has 1 aromatic heterocycles. The van der Waals surface area contributed by atoms with Crippen molar-refractivity contribution < 1.29 is 4.79 Å². The van der Waals surface area contributed by atoms with Crippen molar-refractivity contribution in [3.05, 3.63) is 57.8 Å². The van der Waals surface area contributed by atoms with E-state index in [0.717, 1.165) is 38.3 Å². The van der Waals surface area contributed by atoms with Crippen LogP contribution in [-0.2, 0) is 17.6 Å². The van der Waals surface area contributed by atoms with Gasteiger partial charge in [0.25, 0.3) is 0 Å². The number of hydrogen-bond acceptors (Lipinski definition) is 2. The maximum Gasteiger partial charge on any atom is 0.227 e. The second-order valence-corrected chi connectivity index (χ2v) is 7.64. The SMILES string of the molecule is Cc1ccc(CCC2CCN(C(=O)Cc3cccs3)CC2)cc1. The summed E-state index contributed by atoms with van der Waals surface area (Å²) in [5.74, 6) is 1.06. The number of carbonyl (C=O) groups is 1. The van der Waals surface area contributed by atoms with E-state index in [4.69, 9.17) is 0 Å². The lowest BCUT2D eigenvalue weighted by atomic mass is 9.90. The average Bonchev–Trinajstić information content (AvgIpc) is 3.08. The molecule has 122 valence electrons. The lowest BCUT2D eigenvalue weighted by Crippen LogP contribution is -2.39. The minimum absolute atomic E-state index is 0.296. The number of thiophene rings is 1. The fraction of sp³-hybridized carbons (Fsp3) is 0.450. The van der Waals surface area contributed by atoms with Crippen LogP contribution in [0.4, 0.5) is 0 Å². The fourth-order valence-electron chi connectivity index (χ4n) is 3.27. The van der Waals surface area contributed by atoms with Crippen LogP contribution in [0.5, 0.6) is 0 Å². The molecule has 1 amide bonds. The van der Waals surface area contributed by atoms with Crippen LogP contribution in [0.15, 0.2) is 41.8 Å². The van der Waals surface area contributed by atoms with Gasteiger partial charge in [0, 0.05) is 18.0 Å². The first-order chi connectivity index (χ1) is 11.2. The molecule has 1 aromatic carbocycles. The number of carbonyl (C=O) groups excluding carboxylic acids is 1. The van der Waals surface area contributed by atoms with E-state index in [-0.39, 0.29) is 0 Å². The Morgan fingerprint density at radius 3 is 2.57 bits per heavy atom. The van der Waals surface area contributed by atoms with Crippen molar-refractivity contribution in [1.29, 1.82) is 0 Å². The van der Waals surface area contributed by atoms with Gasteiger partial charge in [0.15, 0.2) is 0 Å². The molecule has 0 bridgehead atoms. The molecule has 0 unspecified atom stereocenters. The molecule has 0 atom stereocenters. The van der Waals surface area contributed by atoms with E-state index in [0.29, 0.717) is 12.3 Å². The highest BCUT2D eigenvalue weighted by atomic mass is 32.1. The summed E-state index contributed by atoms with van der Waals surface area (Å²) >= 11 is 1.68. The zero-order valence-electron chi connectivity index (χ0n) is 13.8. The van der Waals surface area contributed by atoms with Crippen molar-refractivity contribution in [3.8, 4) is 0 Å². The molecule has 0 saturated carbocycles. The number of nitrogens with zero attached hydrogens (tertiary/aromatic N) is 1. The van der Waals surface area contributed by atoms with Crippen LogP contribution < -0.4 is 0 Å². The maximum atomic E-state index is 12.3. The molecule has 23 heavy (non-hydrogen) atoms. The van der Waals surface area contributed by atoms with E-state index in [1.165, 1.54) is 22.4 Å². The van der Waals surface area contributed by atoms with Crippen molar-refractivity contribution in [3.63, 3.8) is 0 Å². The Morgan fingerprint density at radius 1 is 1.17 bits per heavy atom. The first-order valence-corrected chi connectivity index (χ1v) is 9.44. The number of rotatable bonds is 5. The molecule has 0 N–H and O–H groups in total. The Balaban J connectivity index is 1.41. The zero-order valence-corrected chi connectivity index (χ0v) is 14.6. The van der Waals surface area contributed by atoms with Gasteiger partial charge in [-0.25, -0.2) is 0 Å². The summed E-state index contributed by atoms with van der Waals surface area (Å²) in [6, 6.07) is 13.0. The Morgan fingerprint density at radius 2 is 1.91 bits per heavy atom. The predicted octanol–water partition coefficient (Wildman–Crippen LogP) is 4.47. The van der Waals surface area contributed by atoms with Crippen LogP contribution in [-0.4, -0.2) is 23.9 Å². The summed E-state index contributed by atoms with van der Waals surface area (Å²) in [4.78, 5) is 15.6. The first-order valence-electron chi connectivity index (χ1n) is 8.56. The van der Waals surface area contributed by atoms with Crippen LogP contribution in [0.25, 0.3) is 0 Å². The number of likely N-dealkylation sites (tertiary alicyclic amines) is 1. The molecule has 0 radical (unpaired) electrons. The lowest BCUT2D eigenvalue weighted by Gasteiger charge is -2.32. The highest BCUT2D eigenvalue weighted by Gasteiger charge is 2.22. The summed E-state index contributed by atoms with van der Waals surface area (Å²) in [6.07, 6.45) is 5.29. The van der Waals surface area contributed by atoms with Gasteiger partial charge in [-0.1, -0.05) is 35.9 Å². The lowest BCUT2D eigenvalue weighted by molar-refractivity contribution is -0.131. The maximum absolute atomic E-state index is 12.3. The smallest absolute Gasteiger partial charge is 0.227 e. The van der Waals surface area contributed by atoms with Crippen molar-refractivity contribution in [2.24, 2.45) is 5.92 Å². The van der Waals surface area contributed by atoms with Gasteiger partial charge < -0.3 is 4.90 Å². The number of hydrogen-bond donors (Lipinski definition) is 0. The minimum atomic E-state index is 0.296. The van der Waals surface area contributed by atoms with Crippen LogP contribution in [0.3, 0.4) is 0 Å². The van der Waals surface area contributed by atoms with Gasteiger partial charge in [0.05, 0.1) is 6.42 Å². The highest BCUT2D eigenvalue weighted by molar-refractivity contribution is 7.10. The molecule has 1 aliphatic rings. The third kappa shape index (κ3) is 4.68. The van der Waals surface area contributed by atoms with Gasteiger partial charge in [-0.15, -0.1) is 11.3 Å². The van der Waals surface area contributed by atoms with E-state index in [1.54, 1.807) is 11.3 Å². The molecule has 3 heteroatoms. The number of piperidine rings is 1. The van der Waals surface area contributed by atoms with Crippen molar-refractivity contribution in [2.75, 3.05) is 13.1 Å². The van der Waals surface area contributed by atoms with Gasteiger partial charge in [-0.05, 0) is 55.5 Å². The summed E-state index contributed by atoms with van der Waals surface area (Å²) < 4.78 is 0. The molecule has 1 aliphatic heterocycles. The Labute approximate surface area is 143 Å². The Kier molecular flexibility index (Phi) is 5.50. The van der Waals surface area contributed by atoms with E-state index >= 15 is 0 Å². The van der Waals surface area contributed by atoms with Gasteiger partial charge in [0.2, 0.25) is 5.91 Å². The molecule has 0 aliphatic carbocycles. The van der Waals surface area contributed by atoms with Crippen LogP contribution >= 0.6 is 11.3 Å². The number of aryl methyl sites for hydroxylation is 2. The van der Waals surface area contributed by atoms with Crippen molar-refractivity contribution >= 4 is 17.2 Å². The minimum Gasteiger partial charge on any atom is -0.342 e. The molecule has 1 fully saturated rings. The van der Waals surface area contributed by atoms with Gasteiger partial charge in [-0.2, -0.15) is 0 Å². The standard InChI is InChI=1S/C20H25NOS/c1-16-4-6-17(7-5-16)8-9-18-10-12-21(13-11-18)20(22)15-19-3-2-14-23-19/h2-7,14,18H,8-13,15H2,1H3. The van der Waals surface area contributed by atoms with E-state index in [9.17, 15) is 4.79 Å². The summed E-state index contributed by atoms with van der Waals surface area (Å²) in [6.45, 7) is 4.00. The molecule has 2 aromatic rings. The average molecular weight is 327 g/mol. The summed E-state index contributed by atoms with van der Waals surface area (Å²) in [7, 11) is 0. The van der Waals surface area contributed by atoms with E-state index < -0.39 is 0 Å². The van der Waals surface area contributed by atoms with Crippen LogP contribution in [0.1, 0.15) is 35.3 Å². The molecule has 1 saturated heterocycles. The van der Waals surface area contributed by atoms with E-state index in [2.05, 4.69) is 42.2 Å². The van der Waals surface area contributed by atoms with Crippen LogP contribution in [0, 0.1) is 12.8 Å². The fourth-order valence-corrected chi connectivity index (χ4v) is 3.97. The molecule has 2 nitrogen and oxygen atoms in total. The normalized spacial score (nSPS) is 15.8. The summed E-state index contributed by atoms with van der Waals surface area (Å²) in [5, 5.41) is 2.04. The monoisotopic (exact) mass is 327 g/mol. The molecule has 0 spiro atoms. The topological polar surface area (TPSA) is 20.3 Å². The highest BCUT2D eigenvalue weighted by Crippen LogP contribution is 2.23. The van der Waals surface area contributed by atoms with Gasteiger partial charge >= 0.3 is 0 Å². The zero-order chi connectivity index (χ0) is 16.1. The Hall–Kier alpha value is -1.61. The third-order valence-electron chi connectivity index (χ3n) is 4.83. The number of benzene rings is 1. The number of amides is 1. The molecular formula is C20H25NOS. The quantitative estimate of drug-likeness (QED) is 0.793.